The van der Waals surface area contributed by atoms with Gasteiger partial charge in [-0.1, -0.05) is 49.6 Å². The molecule has 0 fully saturated rings. The summed E-state index contributed by atoms with van der Waals surface area (Å²) in [5.74, 6) is -0.829. The average molecular weight is 590 g/mol. The van der Waals surface area contributed by atoms with E-state index in [0.29, 0.717) is 5.75 Å². The molecule has 4 aromatic rings. The molecule has 6 nitrogen and oxygen atoms in total. The molecule has 0 atom stereocenters. The Labute approximate surface area is 260 Å². The highest BCUT2D eigenvalue weighted by Gasteiger charge is 2.21. The minimum Gasteiger partial charge on any atom is -0.486 e. The summed E-state index contributed by atoms with van der Waals surface area (Å²) in [5, 5.41) is 0. The van der Waals surface area contributed by atoms with E-state index in [0.717, 1.165) is 28.2 Å². The van der Waals surface area contributed by atoms with E-state index >= 15 is 0 Å². The molecule has 0 aliphatic rings. The van der Waals surface area contributed by atoms with Crippen LogP contribution in [0, 0.1) is 27.7 Å². The number of aryl methyl sites for hydroxylation is 4. The number of anilines is 3. The van der Waals surface area contributed by atoms with Gasteiger partial charge in [-0.25, -0.2) is 9.59 Å². The Morgan fingerprint density at radius 2 is 1.02 bits per heavy atom. The molecule has 0 spiro atoms. The highest BCUT2D eigenvalue weighted by Crippen LogP contribution is 2.37. The molecule has 0 aromatic heterocycles. The summed E-state index contributed by atoms with van der Waals surface area (Å²) in [6, 6.07) is 29.1. The van der Waals surface area contributed by atoms with E-state index < -0.39 is 18.2 Å². The standard InChI is InChI=1S/C38H39NO5/c1-24(2)37(40)43-36(44-38(41)25(3)4)23-42-35-19-13-31(14-20-35)30-11-17-32(18-12-30)39(33-15-9-26(5)28(7)21-33)34-16-10-27(6)29(8)22-34/h9-22,36H,1,3,23H2,2,4-8H3. The minimum absolute atomic E-state index is 0.182. The van der Waals surface area contributed by atoms with Gasteiger partial charge >= 0.3 is 11.9 Å². The molecule has 0 unspecified atom stereocenters. The number of esters is 2. The summed E-state index contributed by atoms with van der Waals surface area (Å²) in [6.45, 7) is 18.5. The SMILES string of the molecule is C=C(C)C(=O)OC(COc1ccc(-c2ccc(N(c3ccc(C)c(C)c3)c3ccc(C)c(C)c3)cc2)cc1)OC(=O)C(=C)C. The van der Waals surface area contributed by atoms with Crippen molar-refractivity contribution >= 4 is 29.0 Å². The van der Waals surface area contributed by atoms with Crippen LogP contribution in [0.2, 0.25) is 0 Å². The molecule has 0 bridgehead atoms. The fraction of sp³-hybridized carbons (Fsp3) is 0.211. The summed E-state index contributed by atoms with van der Waals surface area (Å²) < 4.78 is 16.2. The molecule has 44 heavy (non-hydrogen) atoms. The van der Waals surface area contributed by atoms with Crippen LogP contribution in [0.4, 0.5) is 17.1 Å². The first kappa shape index (κ1) is 31.8. The van der Waals surface area contributed by atoms with Gasteiger partial charge in [0.05, 0.1) is 0 Å². The maximum atomic E-state index is 12.0. The zero-order valence-electron chi connectivity index (χ0n) is 26.3. The Morgan fingerprint density at radius 1 is 0.614 bits per heavy atom. The third-order valence-electron chi connectivity index (χ3n) is 7.37. The van der Waals surface area contributed by atoms with Crippen molar-refractivity contribution in [2.75, 3.05) is 11.5 Å². The van der Waals surface area contributed by atoms with Crippen molar-refractivity contribution in [2.24, 2.45) is 0 Å². The number of hydrogen-bond acceptors (Lipinski definition) is 6. The van der Waals surface area contributed by atoms with E-state index in [9.17, 15) is 9.59 Å². The smallest absolute Gasteiger partial charge is 0.336 e. The van der Waals surface area contributed by atoms with Gasteiger partial charge in [-0.3, -0.25) is 0 Å². The monoisotopic (exact) mass is 589 g/mol. The Hall–Kier alpha value is -5.10. The maximum Gasteiger partial charge on any atom is 0.336 e. The molecule has 226 valence electrons. The lowest BCUT2D eigenvalue weighted by atomic mass is 10.0. The highest BCUT2D eigenvalue weighted by molar-refractivity contribution is 5.88. The van der Waals surface area contributed by atoms with Gasteiger partial charge in [0.1, 0.15) is 5.75 Å². The lowest BCUT2D eigenvalue weighted by Crippen LogP contribution is -2.30. The topological polar surface area (TPSA) is 65.1 Å². The zero-order valence-corrected chi connectivity index (χ0v) is 26.3. The van der Waals surface area contributed by atoms with Crippen molar-refractivity contribution in [1.29, 1.82) is 0 Å². The number of nitrogens with zero attached hydrogens (tertiary/aromatic N) is 1. The largest absolute Gasteiger partial charge is 0.486 e. The molecule has 4 rings (SSSR count). The fourth-order valence-corrected chi connectivity index (χ4v) is 4.42. The van der Waals surface area contributed by atoms with Crippen LogP contribution in [0.25, 0.3) is 11.1 Å². The molecule has 0 heterocycles. The summed E-state index contributed by atoms with van der Waals surface area (Å²) in [6.07, 6.45) is -1.24. The maximum absolute atomic E-state index is 12.0. The second-order valence-corrected chi connectivity index (χ2v) is 11.1. The zero-order chi connectivity index (χ0) is 32.0. The van der Waals surface area contributed by atoms with Gasteiger partial charge in [0.2, 0.25) is 0 Å². The summed E-state index contributed by atoms with van der Waals surface area (Å²) in [7, 11) is 0. The molecule has 0 saturated heterocycles. The quantitative estimate of drug-likeness (QED) is 0.0988. The number of hydrogen-bond donors (Lipinski definition) is 0. The van der Waals surface area contributed by atoms with E-state index in [1.165, 1.54) is 36.1 Å². The van der Waals surface area contributed by atoms with Crippen LogP contribution in [0.3, 0.4) is 0 Å². The number of carbonyl (C=O) groups excluding carboxylic acids is 2. The van der Waals surface area contributed by atoms with Crippen LogP contribution in [0.15, 0.2) is 109 Å². The first-order valence-electron chi connectivity index (χ1n) is 14.4. The van der Waals surface area contributed by atoms with Crippen LogP contribution in [0.1, 0.15) is 36.1 Å². The molecule has 0 aliphatic carbocycles. The summed E-state index contributed by atoms with van der Waals surface area (Å²) >= 11 is 0. The number of carbonyl (C=O) groups is 2. The Bertz CT molecular complexity index is 1610. The van der Waals surface area contributed by atoms with E-state index in [4.69, 9.17) is 14.2 Å². The number of benzene rings is 4. The van der Waals surface area contributed by atoms with Gasteiger partial charge in [0.25, 0.3) is 6.29 Å². The molecule has 0 N–H and O–H groups in total. The third kappa shape index (κ3) is 7.84. The van der Waals surface area contributed by atoms with Crippen molar-refractivity contribution in [1.82, 2.24) is 0 Å². The van der Waals surface area contributed by atoms with Crippen LogP contribution in [-0.4, -0.2) is 24.8 Å². The first-order chi connectivity index (χ1) is 20.9. The van der Waals surface area contributed by atoms with Gasteiger partial charge in [0.15, 0.2) is 6.61 Å². The van der Waals surface area contributed by atoms with Gasteiger partial charge in [-0.05, 0) is 123 Å². The van der Waals surface area contributed by atoms with E-state index in [1.807, 2.05) is 24.3 Å². The van der Waals surface area contributed by atoms with Gasteiger partial charge in [0, 0.05) is 28.2 Å². The third-order valence-corrected chi connectivity index (χ3v) is 7.37. The van der Waals surface area contributed by atoms with Crippen LogP contribution >= 0.6 is 0 Å². The van der Waals surface area contributed by atoms with Gasteiger partial charge < -0.3 is 19.1 Å². The van der Waals surface area contributed by atoms with Crippen LogP contribution in [0.5, 0.6) is 5.75 Å². The Kier molecular flexibility index (Phi) is 10.1. The molecule has 4 aromatic carbocycles. The molecule has 0 radical (unpaired) electrons. The number of rotatable bonds is 11. The normalized spacial score (nSPS) is 10.7. The van der Waals surface area contributed by atoms with Gasteiger partial charge in [-0.2, -0.15) is 0 Å². The Morgan fingerprint density at radius 3 is 1.43 bits per heavy atom. The highest BCUT2D eigenvalue weighted by atomic mass is 16.7. The second kappa shape index (κ2) is 13.9. The molecule has 0 amide bonds. The molecular formula is C38H39NO5. The van der Waals surface area contributed by atoms with Crippen LogP contribution < -0.4 is 9.64 Å². The second-order valence-electron chi connectivity index (χ2n) is 11.1. The molecule has 0 saturated carbocycles. The Balaban J connectivity index is 1.53. The lowest BCUT2D eigenvalue weighted by Gasteiger charge is -2.27. The first-order valence-corrected chi connectivity index (χ1v) is 14.4. The molecule has 6 heteroatoms. The summed E-state index contributed by atoms with van der Waals surface area (Å²) in [5.41, 5.74) is 10.7. The van der Waals surface area contributed by atoms with E-state index in [1.54, 1.807) is 0 Å². The summed E-state index contributed by atoms with van der Waals surface area (Å²) in [4.78, 5) is 26.3. The minimum atomic E-state index is -1.24. The predicted molar refractivity (Wildman–Crippen MR) is 177 cm³/mol. The van der Waals surface area contributed by atoms with Gasteiger partial charge in [-0.15, -0.1) is 0 Å². The van der Waals surface area contributed by atoms with Crippen molar-refractivity contribution in [3.63, 3.8) is 0 Å². The van der Waals surface area contributed by atoms with E-state index in [2.05, 4.69) is 106 Å². The van der Waals surface area contributed by atoms with Crippen LogP contribution in [-0.2, 0) is 19.1 Å². The van der Waals surface area contributed by atoms with E-state index in [-0.39, 0.29) is 17.8 Å². The predicted octanol–water partition coefficient (Wildman–Crippen LogP) is 9.00. The van der Waals surface area contributed by atoms with Crippen molar-refractivity contribution < 1.29 is 23.8 Å². The molecule has 0 aliphatic heterocycles. The lowest BCUT2D eigenvalue weighted by molar-refractivity contribution is -0.187. The fourth-order valence-electron chi connectivity index (χ4n) is 4.42. The van der Waals surface area contributed by atoms with Crippen molar-refractivity contribution in [3.05, 3.63) is 131 Å². The van der Waals surface area contributed by atoms with Crippen molar-refractivity contribution in [2.45, 2.75) is 47.8 Å². The van der Waals surface area contributed by atoms with Crippen molar-refractivity contribution in [3.8, 4) is 16.9 Å². The number of ether oxygens (including phenoxy) is 3. The average Bonchev–Trinajstić information content (AvgIpc) is 3.00. The molecular weight excluding hydrogens is 550 g/mol.